The third-order valence-electron chi connectivity index (χ3n) is 0. The second-order valence-corrected chi connectivity index (χ2v) is 0. The van der Waals surface area contributed by atoms with Crippen LogP contribution in [0.1, 0.15) is 0 Å². The zero-order valence-electron chi connectivity index (χ0n) is 2.83. The molecule has 4 heteroatoms. The molecule has 0 spiro atoms. The van der Waals surface area contributed by atoms with Gasteiger partial charge in [0.15, 0.2) is 0 Å². The third kappa shape index (κ3) is 8.97. The molecule has 0 aromatic rings. The fraction of sp³-hybridized carbons (Fsp3) is 0. The van der Waals surface area contributed by atoms with E-state index >= 15 is 0 Å². The van der Waals surface area contributed by atoms with Crippen LogP contribution in [-0.4, -0.2) is 69.2 Å². The van der Waals surface area contributed by atoms with Gasteiger partial charge in [-0.15, -0.1) is 0 Å². The van der Waals surface area contributed by atoms with Crippen LogP contribution in [0.15, 0.2) is 0 Å². The molecule has 6 radical (unpaired) electrons. The maximum atomic E-state index is 0. The summed E-state index contributed by atoms with van der Waals surface area (Å²) in [5, 5.41) is 0. The van der Waals surface area contributed by atoms with Crippen molar-refractivity contribution in [3.8, 4) is 0 Å². The molecule has 4 heavy (non-hydrogen) atoms. The van der Waals surface area contributed by atoms with Gasteiger partial charge >= 0.3 is 0 Å². The van der Waals surface area contributed by atoms with Crippen molar-refractivity contribution < 1.29 is 27.3 Å². The van der Waals surface area contributed by atoms with Crippen LogP contribution in [0.25, 0.3) is 0 Å². The number of hydrogen-bond donors (Lipinski definition) is 0. The van der Waals surface area contributed by atoms with E-state index in [0.717, 1.165) is 0 Å². The van der Waals surface area contributed by atoms with Crippen molar-refractivity contribution in [1.29, 1.82) is 0 Å². The molecular weight excluding hydrogens is 185 g/mol. The summed E-state index contributed by atoms with van der Waals surface area (Å²) in [6, 6.07) is 0. The second-order valence-electron chi connectivity index (χ2n) is 0. The molecule has 0 amide bonds. The van der Waals surface area contributed by atoms with Gasteiger partial charge in [0.25, 0.3) is 0 Å². The SMILES string of the molecule is [Cd].[Mg].[Mg].[Mg]. The Morgan fingerprint density at radius 3 is 0.500 bits per heavy atom. The number of hydrogen-bond acceptors (Lipinski definition) is 0. The molecule has 0 rings (SSSR count). The Bertz CT molecular complexity index is 3.25. The summed E-state index contributed by atoms with van der Waals surface area (Å²) in [6.45, 7) is 0. The first-order chi connectivity index (χ1) is 0. The van der Waals surface area contributed by atoms with E-state index in [1.165, 1.54) is 0 Å². The molecule has 0 nitrogen and oxygen atoms in total. The van der Waals surface area contributed by atoms with Crippen molar-refractivity contribution in [3.63, 3.8) is 0 Å². The van der Waals surface area contributed by atoms with Gasteiger partial charge in [-0.05, 0) is 0 Å². The maximum Gasteiger partial charge on any atom is 0 e. The summed E-state index contributed by atoms with van der Waals surface area (Å²) >= 11 is 0. The Balaban J connectivity index is 0. The number of rotatable bonds is 0. The van der Waals surface area contributed by atoms with Crippen LogP contribution in [0.5, 0.6) is 0 Å². The topological polar surface area (TPSA) is 0 Å². The molecule has 0 saturated carbocycles. The molecule has 0 fully saturated rings. The van der Waals surface area contributed by atoms with Crippen LogP contribution >= 0.6 is 0 Å². The monoisotopic (exact) mass is 186 g/mol. The Labute approximate surface area is 94.5 Å². The fourth-order valence-electron chi connectivity index (χ4n) is 0. The van der Waals surface area contributed by atoms with Gasteiger partial charge in [-0.3, -0.25) is 0 Å². The van der Waals surface area contributed by atoms with Crippen LogP contribution in [0.2, 0.25) is 0 Å². The standard InChI is InChI=1S/Cd.3Mg. The molecule has 8 valence electrons. The van der Waals surface area contributed by atoms with Gasteiger partial charge in [-0.2, -0.15) is 0 Å². The largest absolute Gasteiger partial charge is 0 e. The van der Waals surface area contributed by atoms with Crippen LogP contribution in [0.4, 0.5) is 0 Å². The van der Waals surface area contributed by atoms with Gasteiger partial charge in [0, 0.05) is 96.5 Å². The van der Waals surface area contributed by atoms with Gasteiger partial charge in [0.05, 0.1) is 0 Å². The zero-order valence-corrected chi connectivity index (χ0v) is 11.1. The minimum Gasteiger partial charge on any atom is 0 e. The molecule has 0 bridgehead atoms. The van der Waals surface area contributed by atoms with Gasteiger partial charge in [-0.25, -0.2) is 0 Å². The van der Waals surface area contributed by atoms with E-state index in [4.69, 9.17) is 0 Å². The van der Waals surface area contributed by atoms with Crippen LogP contribution in [0.3, 0.4) is 0 Å². The summed E-state index contributed by atoms with van der Waals surface area (Å²) in [7, 11) is 0. The van der Waals surface area contributed by atoms with E-state index in [-0.39, 0.29) is 96.5 Å². The van der Waals surface area contributed by atoms with Crippen molar-refractivity contribution >= 4 is 69.2 Å². The molecule has 0 aromatic heterocycles. The van der Waals surface area contributed by atoms with E-state index < -0.39 is 0 Å². The summed E-state index contributed by atoms with van der Waals surface area (Å²) in [4.78, 5) is 0. The summed E-state index contributed by atoms with van der Waals surface area (Å²) in [5.74, 6) is 0. The summed E-state index contributed by atoms with van der Waals surface area (Å²) < 4.78 is 0. The van der Waals surface area contributed by atoms with Crippen molar-refractivity contribution in [2.24, 2.45) is 0 Å². The molecule has 0 aliphatic heterocycles. The fourth-order valence-corrected chi connectivity index (χ4v) is 0. The summed E-state index contributed by atoms with van der Waals surface area (Å²) in [6.07, 6.45) is 0. The van der Waals surface area contributed by atoms with Crippen molar-refractivity contribution in [2.75, 3.05) is 0 Å². The minimum atomic E-state index is 0. The normalized spacial score (nSPS) is 0. The Morgan fingerprint density at radius 2 is 0.500 bits per heavy atom. The Kier molecular flexibility index (Phi) is 110. The molecule has 0 saturated heterocycles. The first kappa shape index (κ1) is 26.9. The summed E-state index contributed by atoms with van der Waals surface area (Å²) in [5.41, 5.74) is 0. The van der Waals surface area contributed by atoms with Gasteiger partial charge in [0.2, 0.25) is 0 Å². The molecular formula is CdMg3. The smallest absolute Gasteiger partial charge is 0 e. The van der Waals surface area contributed by atoms with Crippen molar-refractivity contribution in [2.45, 2.75) is 0 Å². The van der Waals surface area contributed by atoms with Crippen LogP contribution in [0, 0.1) is 0 Å². The van der Waals surface area contributed by atoms with E-state index in [1.54, 1.807) is 0 Å². The average Bonchev–Trinajstić information content (AvgIpc) is 0. The van der Waals surface area contributed by atoms with Crippen LogP contribution in [-0.2, 0) is 27.3 Å². The van der Waals surface area contributed by atoms with E-state index in [1.807, 2.05) is 0 Å². The van der Waals surface area contributed by atoms with Gasteiger partial charge in [0.1, 0.15) is 0 Å². The van der Waals surface area contributed by atoms with E-state index in [0.29, 0.717) is 0 Å². The first-order valence-corrected chi connectivity index (χ1v) is 0. The average molecular weight is 185 g/mol. The van der Waals surface area contributed by atoms with Crippen molar-refractivity contribution in [3.05, 3.63) is 0 Å². The molecule has 0 unspecified atom stereocenters. The molecule has 0 aliphatic rings. The Morgan fingerprint density at radius 1 is 0.500 bits per heavy atom. The maximum absolute atomic E-state index is 0. The second kappa shape index (κ2) is 16.3. The molecule has 0 heterocycles. The van der Waals surface area contributed by atoms with E-state index in [9.17, 15) is 0 Å². The van der Waals surface area contributed by atoms with Gasteiger partial charge < -0.3 is 0 Å². The predicted octanol–water partition coefficient (Wildman–Crippen LogP) is -1.14. The Hall–Kier alpha value is 3.22. The first-order valence-electron chi connectivity index (χ1n) is 0. The molecule has 0 aromatic carbocycles. The molecule has 0 aliphatic carbocycles. The quantitative estimate of drug-likeness (QED) is 0.418. The van der Waals surface area contributed by atoms with Crippen LogP contribution < -0.4 is 0 Å². The molecule has 0 atom stereocenters. The minimum absolute atomic E-state index is 0. The van der Waals surface area contributed by atoms with Gasteiger partial charge in [-0.1, -0.05) is 0 Å². The predicted molar refractivity (Wildman–Crippen MR) is 17.3 cm³/mol. The zero-order chi connectivity index (χ0) is 0. The van der Waals surface area contributed by atoms with Crippen molar-refractivity contribution in [1.82, 2.24) is 0 Å². The molecule has 0 N–H and O–H groups in total. The van der Waals surface area contributed by atoms with E-state index in [2.05, 4.69) is 0 Å². The third-order valence-corrected chi connectivity index (χ3v) is 0.